The molecule has 1 aromatic carbocycles. The summed E-state index contributed by atoms with van der Waals surface area (Å²) in [5, 5.41) is 2.37. The molecule has 0 aromatic heterocycles. The van der Waals surface area contributed by atoms with Crippen molar-refractivity contribution in [3.05, 3.63) is 29.8 Å². The Hall–Kier alpha value is -1.57. The van der Waals surface area contributed by atoms with Crippen molar-refractivity contribution in [2.24, 2.45) is 5.92 Å². The Kier molecular flexibility index (Phi) is 4.27. The van der Waals surface area contributed by atoms with Gasteiger partial charge in [0.15, 0.2) is 9.84 Å². The van der Waals surface area contributed by atoms with Gasteiger partial charge in [-0.3, -0.25) is 4.79 Å². The number of amides is 1. The van der Waals surface area contributed by atoms with Gasteiger partial charge in [0.25, 0.3) is 0 Å². The van der Waals surface area contributed by atoms with Crippen LogP contribution < -0.4 is 5.32 Å². The quantitative estimate of drug-likeness (QED) is 0.930. The fourth-order valence-electron chi connectivity index (χ4n) is 2.28. The van der Waals surface area contributed by atoms with Crippen LogP contribution in [0.3, 0.4) is 0 Å². The van der Waals surface area contributed by atoms with Crippen LogP contribution in [0, 0.1) is 5.92 Å². The molecule has 1 aliphatic heterocycles. The first-order chi connectivity index (χ1) is 9.66. The SMILES string of the molecule is O=C(C[C@@H]1CCS(=O)(=O)C1)Nc1cccc(C(F)(F)F)c1. The fraction of sp³-hybridized carbons (Fsp3) is 0.462. The molecule has 4 nitrogen and oxygen atoms in total. The van der Waals surface area contributed by atoms with E-state index in [2.05, 4.69) is 5.32 Å². The van der Waals surface area contributed by atoms with E-state index in [0.717, 1.165) is 12.1 Å². The molecule has 1 N–H and O–H groups in total. The minimum Gasteiger partial charge on any atom is -0.326 e. The Bertz CT molecular complexity index is 640. The molecule has 1 atom stereocenters. The van der Waals surface area contributed by atoms with E-state index in [1.165, 1.54) is 12.1 Å². The first-order valence-corrected chi connectivity index (χ1v) is 8.15. The van der Waals surface area contributed by atoms with Gasteiger partial charge in [0.2, 0.25) is 5.91 Å². The number of rotatable bonds is 3. The normalized spacial score (nSPS) is 21.2. The van der Waals surface area contributed by atoms with E-state index < -0.39 is 27.5 Å². The van der Waals surface area contributed by atoms with Crippen molar-refractivity contribution in [3.8, 4) is 0 Å². The highest BCUT2D eigenvalue weighted by atomic mass is 32.2. The summed E-state index contributed by atoms with van der Waals surface area (Å²) in [5.74, 6) is -0.713. The monoisotopic (exact) mass is 321 g/mol. The smallest absolute Gasteiger partial charge is 0.326 e. The van der Waals surface area contributed by atoms with Gasteiger partial charge in [-0.1, -0.05) is 6.07 Å². The lowest BCUT2D eigenvalue weighted by Crippen LogP contribution is -2.17. The molecule has 1 heterocycles. The predicted octanol–water partition coefficient (Wildman–Crippen LogP) is 2.47. The highest BCUT2D eigenvalue weighted by Crippen LogP contribution is 2.30. The third-order valence-electron chi connectivity index (χ3n) is 3.27. The summed E-state index contributed by atoms with van der Waals surface area (Å²) in [4.78, 5) is 11.8. The Morgan fingerprint density at radius 3 is 2.62 bits per heavy atom. The number of hydrogen-bond donors (Lipinski definition) is 1. The molecule has 0 aliphatic carbocycles. The largest absolute Gasteiger partial charge is 0.416 e. The molecule has 1 fully saturated rings. The maximum atomic E-state index is 12.5. The predicted molar refractivity (Wildman–Crippen MR) is 71.5 cm³/mol. The van der Waals surface area contributed by atoms with Crippen LogP contribution in [-0.4, -0.2) is 25.8 Å². The lowest BCUT2D eigenvalue weighted by molar-refractivity contribution is -0.137. The molecule has 1 aliphatic rings. The molecule has 1 aromatic rings. The molecule has 0 spiro atoms. The summed E-state index contributed by atoms with van der Waals surface area (Å²) >= 11 is 0. The third kappa shape index (κ3) is 4.45. The van der Waals surface area contributed by atoms with E-state index in [0.29, 0.717) is 6.42 Å². The van der Waals surface area contributed by atoms with Crippen molar-refractivity contribution in [1.82, 2.24) is 0 Å². The Labute approximate surface area is 120 Å². The average molecular weight is 321 g/mol. The first kappa shape index (κ1) is 15.8. The molecular formula is C13H14F3NO3S. The zero-order valence-corrected chi connectivity index (χ0v) is 11.8. The number of hydrogen-bond acceptors (Lipinski definition) is 3. The van der Waals surface area contributed by atoms with E-state index in [9.17, 15) is 26.4 Å². The third-order valence-corrected chi connectivity index (χ3v) is 5.11. The second kappa shape index (κ2) is 5.67. The summed E-state index contributed by atoms with van der Waals surface area (Å²) in [6, 6.07) is 4.33. The maximum Gasteiger partial charge on any atom is 0.416 e. The van der Waals surface area contributed by atoms with Gasteiger partial charge in [-0.2, -0.15) is 13.2 Å². The Balaban J connectivity index is 1.97. The van der Waals surface area contributed by atoms with E-state index in [1.807, 2.05) is 0 Å². The molecule has 0 radical (unpaired) electrons. The molecular weight excluding hydrogens is 307 g/mol. The van der Waals surface area contributed by atoms with Crippen LogP contribution in [0.4, 0.5) is 18.9 Å². The first-order valence-electron chi connectivity index (χ1n) is 6.33. The van der Waals surface area contributed by atoms with E-state index in [4.69, 9.17) is 0 Å². The van der Waals surface area contributed by atoms with Gasteiger partial charge >= 0.3 is 6.18 Å². The van der Waals surface area contributed by atoms with Crippen LogP contribution >= 0.6 is 0 Å². The lowest BCUT2D eigenvalue weighted by atomic mass is 10.0. The van der Waals surface area contributed by atoms with E-state index in [-0.39, 0.29) is 29.5 Å². The number of halogens is 3. The molecule has 0 saturated carbocycles. The van der Waals surface area contributed by atoms with Crippen LogP contribution in [0.25, 0.3) is 0 Å². The van der Waals surface area contributed by atoms with Gasteiger partial charge in [0.05, 0.1) is 17.1 Å². The van der Waals surface area contributed by atoms with Crippen molar-refractivity contribution < 1.29 is 26.4 Å². The summed E-state index contributed by atoms with van der Waals surface area (Å²) in [5.41, 5.74) is -0.792. The van der Waals surface area contributed by atoms with Gasteiger partial charge in [-0.25, -0.2) is 8.42 Å². The second-order valence-corrected chi connectivity index (χ2v) is 7.33. The van der Waals surface area contributed by atoms with Crippen molar-refractivity contribution >= 4 is 21.4 Å². The molecule has 8 heteroatoms. The number of nitrogens with one attached hydrogen (secondary N) is 1. The van der Waals surface area contributed by atoms with Gasteiger partial charge < -0.3 is 5.32 Å². The number of sulfone groups is 1. The zero-order valence-electron chi connectivity index (χ0n) is 11.0. The fourth-order valence-corrected chi connectivity index (χ4v) is 4.14. The minimum absolute atomic E-state index is 0.00449. The van der Waals surface area contributed by atoms with Crippen LogP contribution in [0.5, 0.6) is 0 Å². The number of carbonyl (C=O) groups is 1. The van der Waals surface area contributed by atoms with Crippen molar-refractivity contribution in [1.29, 1.82) is 0 Å². The van der Waals surface area contributed by atoms with Gasteiger partial charge in [-0.05, 0) is 30.5 Å². The van der Waals surface area contributed by atoms with Crippen molar-refractivity contribution in [2.45, 2.75) is 19.0 Å². The molecule has 0 bridgehead atoms. The molecule has 1 amide bonds. The molecule has 2 rings (SSSR count). The molecule has 0 unspecified atom stereocenters. The number of alkyl halides is 3. The Morgan fingerprint density at radius 2 is 2.05 bits per heavy atom. The minimum atomic E-state index is -4.47. The number of carbonyl (C=O) groups excluding carboxylic acids is 1. The topological polar surface area (TPSA) is 63.2 Å². The summed E-state index contributed by atoms with van der Waals surface area (Å²) in [7, 11) is -3.07. The zero-order chi connectivity index (χ0) is 15.7. The molecule has 1 saturated heterocycles. The van der Waals surface area contributed by atoms with E-state index >= 15 is 0 Å². The number of benzene rings is 1. The van der Waals surface area contributed by atoms with Crippen LogP contribution in [-0.2, 0) is 20.8 Å². The van der Waals surface area contributed by atoms with Crippen LogP contribution in [0.1, 0.15) is 18.4 Å². The summed E-state index contributed by atoms with van der Waals surface area (Å²) in [6.45, 7) is 0. The van der Waals surface area contributed by atoms with Gasteiger partial charge in [0, 0.05) is 12.1 Å². The van der Waals surface area contributed by atoms with E-state index in [1.54, 1.807) is 0 Å². The maximum absolute atomic E-state index is 12.5. The van der Waals surface area contributed by atoms with Crippen LogP contribution in [0.15, 0.2) is 24.3 Å². The molecule has 116 valence electrons. The lowest BCUT2D eigenvalue weighted by Gasteiger charge is -2.11. The van der Waals surface area contributed by atoms with Crippen molar-refractivity contribution in [2.75, 3.05) is 16.8 Å². The van der Waals surface area contributed by atoms with Crippen LogP contribution in [0.2, 0.25) is 0 Å². The highest BCUT2D eigenvalue weighted by Gasteiger charge is 2.31. The molecule has 21 heavy (non-hydrogen) atoms. The van der Waals surface area contributed by atoms with Crippen molar-refractivity contribution in [3.63, 3.8) is 0 Å². The second-order valence-electron chi connectivity index (χ2n) is 5.10. The summed E-state index contributed by atoms with van der Waals surface area (Å²) in [6.07, 6.45) is -4.06. The Morgan fingerprint density at radius 1 is 1.33 bits per heavy atom. The number of anilines is 1. The highest BCUT2D eigenvalue weighted by molar-refractivity contribution is 7.91. The standard InChI is InChI=1S/C13H14F3NO3S/c14-13(15,16)10-2-1-3-11(7-10)17-12(18)6-9-4-5-21(19,20)8-9/h1-3,7,9H,4-6,8H2,(H,17,18)/t9-/m0/s1. The van der Waals surface area contributed by atoms with Gasteiger partial charge in [-0.15, -0.1) is 0 Å². The average Bonchev–Trinajstić information content (AvgIpc) is 2.67. The van der Waals surface area contributed by atoms with Gasteiger partial charge in [0.1, 0.15) is 0 Å². The summed E-state index contributed by atoms with van der Waals surface area (Å²) < 4.78 is 60.2.